The molecule has 0 saturated heterocycles. The predicted octanol–water partition coefficient (Wildman–Crippen LogP) is 4.71. The molecule has 9 heteroatoms. The van der Waals surface area contributed by atoms with Gasteiger partial charge in [-0.1, -0.05) is 41.4 Å². The van der Waals surface area contributed by atoms with Crippen molar-refractivity contribution in [1.82, 2.24) is 4.57 Å². The van der Waals surface area contributed by atoms with Crippen molar-refractivity contribution in [3.8, 4) is 5.69 Å². The van der Waals surface area contributed by atoms with E-state index in [1.165, 1.54) is 28.8 Å². The lowest BCUT2D eigenvalue weighted by atomic mass is 10.1. The lowest BCUT2D eigenvalue weighted by molar-refractivity contribution is -0.384. The second-order valence-electron chi connectivity index (χ2n) is 6.77. The Bertz CT molecular complexity index is 1140. The lowest BCUT2D eigenvalue weighted by Crippen LogP contribution is -2.18. The zero-order chi connectivity index (χ0) is 22.5. The molecule has 1 aromatic heterocycles. The van der Waals surface area contributed by atoms with E-state index >= 15 is 0 Å². The van der Waals surface area contributed by atoms with Crippen LogP contribution in [0.25, 0.3) is 5.69 Å². The van der Waals surface area contributed by atoms with Crippen molar-refractivity contribution in [2.24, 2.45) is 0 Å². The van der Waals surface area contributed by atoms with Gasteiger partial charge < -0.3 is 10.1 Å². The van der Waals surface area contributed by atoms with E-state index in [1.807, 2.05) is 19.1 Å². The first-order valence-corrected chi connectivity index (χ1v) is 9.86. The first-order chi connectivity index (χ1) is 14.8. The molecule has 160 valence electrons. The van der Waals surface area contributed by atoms with Crippen molar-refractivity contribution >= 4 is 34.9 Å². The van der Waals surface area contributed by atoms with E-state index < -0.39 is 16.8 Å². The molecule has 0 aliphatic heterocycles. The number of aromatic nitrogens is 1. The van der Waals surface area contributed by atoms with Crippen LogP contribution >= 0.6 is 11.6 Å². The van der Waals surface area contributed by atoms with E-state index in [2.05, 4.69) is 5.32 Å². The fraction of sp³-hybridized carbons (Fsp3) is 0.182. The topological polar surface area (TPSA) is 103 Å². The van der Waals surface area contributed by atoms with Gasteiger partial charge in [-0.05, 0) is 37.6 Å². The third-order valence-electron chi connectivity index (χ3n) is 4.48. The Morgan fingerprint density at radius 2 is 1.87 bits per heavy atom. The maximum absolute atomic E-state index is 12.7. The SMILES string of the molecule is CCOC(=O)c1c(NC(=O)Cc2cccc([N+](=O)[O-])c2)cc(Cl)n1-c1ccc(C)cc1. The number of nitro benzene ring substituents is 1. The summed E-state index contributed by atoms with van der Waals surface area (Å²) in [4.78, 5) is 35.7. The van der Waals surface area contributed by atoms with Crippen LogP contribution in [0.2, 0.25) is 5.15 Å². The van der Waals surface area contributed by atoms with Crippen LogP contribution in [-0.2, 0) is 16.0 Å². The molecule has 1 N–H and O–H groups in total. The molecule has 0 aliphatic carbocycles. The van der Waals surface area contributed by atoms with Gasteiger partial charge in [0.05, 0.1) is 23.6 Å². The summed E-state index contributed by atoms with van der Waals surface area (Å²) in [5.41, 5.74) is 2.31. The number of hydrogen-bond donors (Lipinski definition) is 1. The summed E-state index contributed by atoms with van der Waals surface area (Å²) in [6.07, 6.45) is -0.114. The Labute approximate surface area is 183 Å². The van der Waals surface area contributed by atoms with Crippen molar-refractivity contribution in [1.29, 1.82) is 0 Å². The second-order valence-corrected chi connectivity index (χ2v) is 7.16. The molecule has 0 aliphatic rings. The number of hydrogen-bond acceptors (Lipinski definition) is 5. The number of ether oxygens (including phenoxy) is 1. The number of nitrogens with zero attached hydrogens (tertiary/aromatic N) is 2. The standard InChI is InChI=1S/C22H20ClN3O5/c1-3-31-22(28)21-18(13-19(23)25(21)16-9-7-14(2)8-10-16)24-20(27)12-15-5-4-6-17(11-15)26(29)30/h4-11,13H,3,12H2,1-2H3,(H,24,27). The minimum Gasteiger partial charge on any atom is -0.461 e. The van der Waals surface area contributed by atoms with Gasteiger partial charge in [-0.3, -0.25) is 19.5 Å². The minimum atomic E-state index is -0.638. The van der Waals surface area contributed by atoms with Gasteiger partial charge in [0.15, 0.2) is 5.69 Å². The van der Waals surface area contributed by atoms with Gasteiger partial charge in [0.2, 0.25) is 5.91 Å². The summed E-state index contributed by atoms with van der Waals surface area (Å²) >= 11 is 6.40. The van der Waals surface area contributed by atoms with E-state index in [0.717, 1.165) is 5.56 Å². The number of nitrogens with one attached hydrogen (secondary N) is 1. The van der Waals surface area contributed by atoms with Gasteiger partial charge in [0.1, 0.15) is 5.15 Å². The molecule has 8 nitrogen and oxygen atoms in total. The number of nitro groups is 1. The molecule has 0 radical (unpaired) electrons. The quantitative estimate of drug-likeness (QED) is 0.325. The largest absolute Gasteiger partial charge is 0.461 e. The highest BCUT2D eigenvalue weighted by atomic mass is 35.5. The van der Waals surface area contributed by atoms with Gasteiger partial charge in [0, 0.05) is 17.8 Å². The molecule has 0 fully saturated rings. The summed E-state index contributed by atoms with van der Waals surface area (Å²) in [6, 6.07) is 14.6. The number of rotatable bonds is 7. The van der Waals surface area contributed by atoms with Gasteiger partial charge in [-0.2, -0.15) is 0 Å². The van der Waals surface area contributed by atoms with Crippen molar-refractivity contribution in [2.45, 2.75) is 20.3 Å². The molecular weight excluding hydrogens is 422 g/mol. The van der Waals surface area contributed by atoms with Crippen LogP contribution in [-0.4, -0.2) is 28.0 Å². The van der Waals surface area contributed by atoms with Crippen molar-refractivity contribution < 1.29 is 19.2 Å². The Kier molecular flexibility index (Phi) is 6.71. The van der Waals surface area contributed by atoms with E-state index in [1.54, 1.807) is 25.1 Å². The Hall–Kier alpha value is -3.65. The number of carbonyl (C=O) groups excluding carboxylic acids is 2. The smallest absolute Gasteiger partial charge is 0.357 e. The average Bonchev–Trinajstić information content (AvgIpc) is 3.04. The number of non-ortho nitro benzene ring substituents is 1. The maximum Gasteiger partial charge on any atom is 0.357 e. The first kappa shape index (κ1) is 22.0. The number of benzene rings is 2. The van der Waals surface area contributed by atoms with Crippen LogP contribution < -0.4 is 5.32 Å². The molecule has 0 spiro atoms. The molecular formula is C22H20ClN3O5. The molecule has 0 atom stereocenters. The van der Waals surface area contributed by atoms with E-state index in [-0.39, 0.29) is 35.2 Å². The van der Waals surface area contributed by atoms with Gasteiger partial charge in [0.25, 0.3) is 5.69 Å². The maximum atomic E-state index is 12.7. The highest BCUT2D eigenvalue weighted by Crippen LogP contribution is 2.30. The molecule has 0 bridgehead atoms. The summed E-state index contributed by atoms with van der Waals surface area (Å²) in [6.45, 7) is 3.77. The van der Waals surface area contributed by atoms with Crippen molar-refractivity contribution in [2.75, 3.05) is 11.9 Å². The first-order valence-electron chi connectivity index (χ1n) is 9.48. The van der Waals surface area contributed by atoms with Crippen LogP contribution in [0.3, 0.4) is 0 Å². The monoisotopic (exact) mass is 441 g/mol. The van der Waals surface area contributed by atoms with Crippen LogP contribution in [0.15, 0.2) is 54.6 Å². The van der Waals surface area contributed by atoms with Crippen LogP contribution in [0.5, 0.6) is 0 Å². The molecule has 1 amide bonds. The highest BCUT2D eigenvalue weighted by Gasteiger charge is 2.24. The molecule has 3 aromatic rings. The van der Waals surface area contributed by atoms with Gasteiger partial charge >= 0.3 is 5.97 Å². The Morgan fingerprint density at radius 3 is 2.52 bits per heavy atom. The fourth-order valence-electron chi connectivity index (χ4n) is 3.08. The van der Waals surface area contributed by atoms with Gasteiger partial charge in [-0.15, -0.1) is 0 Å². The Balaban J connectivity index is 1.93. The Morgan fingerprint density at radius 1 is 1.16 bits per heavy atom. The molecule has 31 heavy (non-hydrogen) atoms. The molecule has 3 rings (SSSR count). The molecule has 1 heterocycles. The van der Waals surface area contributed by atoms with Crippen LogP contribution in [0.1, 0.15) is 28.5 Å². The molecule has 0 unspecified atom stereocenters. The number of aryl methyl sites for hydroxylation is 1. The number of esters is 1. The molecule has 2 aromatic carbocycles. The third kappa shape index (κ3) is 5.10. The minimum absolute atomic E-state index is 0.0862. The summed E-state index contributed by atoms with van der Waals surface area (Å²) < 4.78 is 6.67. The lowest BCUT2D eigenvalue weighted by Gasteiger charge is -2.12. The predicted molar refractivity (Wildman–Crippen MR) is 117 cm³/mol. The van der Waals surface area contributed by atoms with Crippen molar-refractivity contribution in [3.63, 3.8) is 0 Å². The van der Waals surface area contributed by atoms with Gasteiger partial charge in [-0.25, -0.2) is 4.79 Å². The van der Waals surface area contributed by atoms with E-state index in [0.29, 0.717) is 11.3 Å². The zero-order valence-electron chi connectivity index (χ0n) is 16.9. The van der Waals surface area contributed by atoms with Crippen LogP contribution in [0.4, 0.5) is 11.4 Å². The average molecular weight is 442 g/mol. The number of halogens is 1. The summed E-state index contributed by atoms with van der Waals surface area (Å²) in [5.74, 6) is -1.09. The van der Waals surface area contributed by atoms with E-state index in [4.69, 9.17) is 16.3 Å². The third-order valence-corrected chi connectivity index (χ3v) is 4.76. The number of carbonyl (C=O) groups is 2. The second kappa shape index (κ2) is 9.44. The van der Waals surface area contributed by atoms with Crippen molar-refractivity contribution in [3.05, 3.63) is 86.7 Å². The van der Waals surface area contributed by atoms with Crippen LogP contribution in [0, 0.1) is 17.0 Å². The number of anilines is 1. The summed E-state index contributed by atoms with van der Waals surface area (Å²) in [7, 11) is 0. The zero-order valence-corrected chi connectivity index (χ0v) is 17.7. The summed E-state index contributed by atoms with van der Waals surface area (Å²) in [5, 5.41) is 13.8. The highest BCUT2D eigenvalue weighted by molar-refractivity contribution is 6.31. The normalized spacial score (nSPS) is 10.5. The number of amides is 1. The fourth-order valence-corrected chi connectivity index (χ4v) is 3.37. The molecule has 0 saturated carbocycles. The van der Waals surface area contributed by atoms with E-state index in [9.17, 15) is 19.7 Å².